The molecule has 3 aliphatic rings. The third-order valence-electron chi connectivity index (χ3n) is 5.66. The van der Waals surface area contributed by atoms with Crippen molar-refractivity contribution in [2.45, 2.75) is 83.7 Å². The van der Waals surface area contributed by atoms with E-state index in [0.29, 0.717) is 0 Å². The Hall–Kier alpha value is -1.10. The summed E-state index contributed by atoms with van der Waals surface area (Å²) in [4.78, 5) is 24.1. The van der Waals surface area contributed by atoms with Crippen LogP contribution in [0.5, 0.6) is 0 Å². The van der Waals surface area contributed by atoms with Gasteiger partial charge in [0.2, 0.25) is 0 Å². The third kappa shape index (κ3) is 3.12. The molecule has 5 nitrogen and oxygen atoms in total. The first kappa shape index (κ1) is 16.7. The molecular formula is C18H28O5. The number of ether oxygens (including phenoxy) is 3. The second-order valence-corrected chi connectivity index (χ2v) is 8.51. The molecule has 3 fully saturated rings. The molecule has 1 aliphatic heterocycles. The smallest absolute Gasteiger partial charge is 0.309 e. The Balaban J connectivity index is 1.57. The fourth-order valence-electron chi connectivity index (χ4n) is 4.46. The summed E-state index contributed by atoms with van der Waals surface area (Å²) < 4.78 is 17.2. The van der Waals surface area contributed by atoms with Gasteiger partial charge in [-0.3, -0.25) is 9.59 Å². The normalized spacial score (nSPS) is 35.5. The van der Waals surface area contributed by atoms with E-state index in [1.165, 1.54) is 0 Å². The summed E-state index contributed by atoms with van der Waals surface area (Å²) in [6.45, 7) is 9.94. The van der Waals surface area contributed by atoms with E-state index in [0.717, 1.165) is 19.3 Å². The fourth-order valence-corrected chi connectivity index (χ4v) is 4.46. The van der Waals surface area contributed by atoms with Crippen molar-refractivity contribution in [1.29, 1.82) is 0 Å². The van der Waals surface area contributed by atoms with Crippen LogP contribution >= 0.6 is 0 Å². The van der Waals surface area contributed by atoms with Crippen molar-refractivity contribution >= 4 is 11.9 Å². The molecule has 1 saturated heterocycles. The summed E-state index contributed by atoms with van der Waals surface area (Å²) in [6, 6.07) is 0. The van der Waals surface area contributed by atoms with Crippen molar-refractivity contribution in [3.05, 3.63) is 0 Å². The molecule has 3 rings (SSSR count). The molecule has 0 N–H and O–H groups in total. The van der Waals surface area contributed by atoms with Crippen LogP contribution in [0.3, 0.4) is 0 Å². The molecule has 0 aromatic heterocycles. The second kappa shape index (κ2) is 5.47. The minimum atomic E-state index is -0.580. The van der Waals surface area contributed by atoms with Gasteiger partial charge in [-0.05, 0) is 47.0 Å². The van der Waals surface area contributed by atoms with Crippen molar-refractivity contribution in [1.82, 2.24) is 0 Å². The summed E-state index contributed by atoms with van der Waals surface area (Å²) in [6.07, 6.45) is 2.35. The second-order valence-electron chi connectivity index (χ2n) is 8.51. The van der Waals surface area contributed by atoms with Crippen LogP contribution in [0.2, 0.25) is 0 Å². The molecular weight excluding hydrogens is 296 g/mol. The van der Waals surface area contributed by atoms with Gasteiger partial charge >= 0.3 is 11.9 Å². The highest BCUT2D eigenvalue weighted by Crippen LogP contribution is 2.55. The van der Waals surface area contributed by atoms with E-state index in [9.17, 15) is 9.59 Å². The first-order chi connectivity index (χ1) is 10.6. The lowest BCUT2D eigenvalue weighted by Crippen LogP contribution is -2.41. The number of hydrogen-bond donors (Lipinski definition) is 0. The van der Waals surface area contributed by atoms with Crippen molar-refractivity contribution < 1.29 is 23.8 Å². The molecule has 2 aliphatic carbocycles. The van der Waals surface area contributed by atoms with Gasteiger partial charge in [0, 0.05) is 11.8 Å². The van der Waals surface area contributed by atoms with Crippen LogP contribution in [0.1, 0.15) is 60.3 Å². The topological polar surface area (TPSA) is 61.8 Å². The van der Waals surface area contributed by atoms with Gasteiger partial charge in [-0.15, -0.1) is 0 Å². The third-order valence-corrected chi connectivity index (χ3v) is 5.66. The predicted octanol–water partition coefficient (Wildman–Crippen LogP) is 2.85. The maximum atomic E-state index is 12.4. The Labute approximate surface area is 138 Å². The van der Waals surface area contributed by atoms with Gasteiger partial charge in [0.15, 0.2) is 0 Å². The van der Waals surface area contributed by atoms with Gasteiger partial charge in [0.25, 0.3) is 0 Å². The van der Waals surface area contributed by atoms with Gasteiger partial charge in [0.1, 0.15) is 12.2 Å². The molecule has 0 spiro atoms. The highest BCUT2D eigenvalue weighted by Gasteiger charge is 2.63. The van der Waals surface area contributed by atoms with Crippen LogP contribution in [0, 0.1) is 17.8 Å². The molecule has 0 aromatic carbocycles. The van der Waals surface area contributed by atoms with Crippen LogP contribution in [-0.4, -0.2) is 35.3 Å². The molecule has 0 amide bonds. The first-order valence-electron chi connectivity index (χ1n) is 8.72. The summed E-state index contributed by atoms with van der Waals surface area (Å²) in [5, 5.41) is 0. The van der Waals surface area contributed by atoms with E-state index in [1.807, 2.05) is 27.7 Å². The standard InChI is InChI=1S/C18H28O5/c1-6-17(2,3)23-18(4,5)9-13(19)21-14-10-7-11-12(8-10)16(20)22-15(11)14/h10-12,14-15H,6-9H2,1-5H3. The van der Waals surface area contributed by atoms with Crippen LogP contribution in [0.25, 0.3) is 0 Å². The van der Waals surface area contributed by atoms with E-state index in [4.69, 9.17) is 14.2 Å². The number of carbonyl (C=O) groups is 2. The van der Waals surface area contributed by atoms with Gasteiger partial charge in [-0.25, -0.2) is 0 Å². The number of esters is 2. The highest BCUT2D eigenvalue weighted by molar-refractivity contribution is 5.77. The van der Waals surface area contributed by atoms with E-state index in [2.05, 4.69) is 6.92 Å². The molecule has 1 heterocycles. The monoisotopic (exact) mass is 324 g/mol. The van der Waals surface area contributed by atoms with Crippen molar-refractivity contribution in [2.75, 3.05) is 0 Å². The summed E-state index contributed by atoms with van der Waals surface area (Å²) in [5.41, 5.74) is -0.854. The molecule has 5 heteroatoms. The molecule has 130 valence electrons. The van der Waals surface area contributed by atoms with Gasteiger partial charge < -0.3 is 14.2 Å². The zero-order valence-corrected chi connectivity index (χ0v) is 14.8. The zero-order chi connectivity index (χ0) is 17.0. The summed E-state index contributed by atoms with van der Waals surface area (Å²) in [5.74, 6) is 0.216. The Morgan fingerprint density at radius 2 is 1.91 bits per heavy atom. The molecule has 23 heavy (non-hydrogen) atoms. The van der Waals surface area contributed by atoms with Crippen molar-refractivity contribution in [3.63, 3.8) is 0 Å². The predicted molar refractivity (Wildman–Crippen MR) is 83.6 cm³/mol. The van der Waals surface area contributed by atoms with Crippen LogP contribution in [-0.2, 0) is 23.8 Å². The van der Waals surface area contributed by atoms with E-state index in [1.54, 1.807) is 0 Å². The van der Waals surface area contributed by atoms with Crippen LogP contribution in [0.15, 0.2) is 0 Å². The lowest BCUT2D eigenvalue weighted by atomic mass is 9.88. The quantitative estimate of drug-likeness (QED) is 0.703. The van der Waals surface area contributed by atoms with Crippen LogP contribution in [0.4, 0.5) is 0 Å². The Kier molecular flexibility index (Phi) is 3.98. The average Bonchev–Trinajstić information content (AvgIpc) is 3.01. The maximum Gasteiger partial charge on any atom is 0.309 e. The maximum absolute atomic E-state index is 12.4. The number of rotatable bonds is 6. The first-order valence-corrected chi connectivity index (χ1v) is 8.72. The number of hydrogen-bond acceptors (Lipinski definition) is 5. The summed E-state index contributed by atoms with van der Waals surface area (Å²) >= 11 is 0. The van der Waals surface area contributed by atoms with E-state index in [-0.39, 0.29) is 53.9 Å². The van der Waals surface area contributed by atoms with E-state index >= 15 is 0 Å². The molecule has 0 aromatic rings. The zero-order valence-electron chi connectivity index (χ0n) is 14.8. The van der Waals surface area contributed by atoms with Crippen LogP contribution < -0.4 is 0 Å². The van der Waals surface area contributed by atoms with Crippen molar-refractivity contribution in [2.24, 2.45) is 17.8 Å². The summed E-state index contributed by atoms with van der Waals surface area (Å²) in [7, 11) is 0. The Morgan fingerprint density at radius 1 is 1.22 bits per heavy atom. The van der Waals surface area contributed by atoms with Crippen molar-refractivity contribution in [3.8, 4) is 0 Å². The Morgan fingerprint density at radius 3 is 2.57 bits per heavy atom. The highest BCUT2D eigenvalue weighted by atomic mass is 16.6. The lowest BCUT2D eigenvalue weighted by Gasteiger charge is -2.35. The van der Waals surface area contributed by atoms with Gasteiger partial charge in [-0.2, -0.15) is 0 Å². The minimum absolute atomic E-state index is 0.0464. The number of carbonyl (C=O) groups excluding carboxylic acids is 2. The van der Waals surface area contributed by atoms with Gasteiger partial charge in [0.05, 0.1) is 23.5 Å². The SMILES string of the molecule is CCC(C)(C)OC(C)(C)CC(=O)OC1C2CC3C(=O)OC1C3C2. The molecule has 5 unspecified atom stereocenters. The molecule has 0 radical (unpaired) electrons. The number of fused-ring (bicyclic) bond motifs is 1. The molecule has 2 saturated carbocycles. The minimum Gasteiger partial charge on any atom is -0.458 e. The molecule has 5 atom stereocenters. The fraction of sp³-hybridized carbons (Fsp3) is 0.889. The Bertz CT molecular complexity index is 510. The van der Waals surface area contributed by atoms with E-state index < -0.39 is 5.60 Å². The molecule has 2 bridgehead atoms. The lowest BCUT2D eigenvalue weighted by molar-refractivity contribution is -0.174. The van der Waals surface area contributed by atoms with Gasteiger partial charge in [-0.1, -0.05) is 6.92 Å². The largest absolute Gasteiger partial charge is 0.458 e. The average molecular weight is 324 g/mol.